The highest BCUT2D eigenvalue weighted by atomic mass is 19.1. The molecule has 0 spiro atoms. The van der Waals surface area contributed by atoms with E-state index >= 15 is 0 Å². The normalized spacial score (nSPS) is 19.0. The number of nitrogens with one attached hydrogen (secondary N) is 2. The van der Waals surface area contributed by atoms with Gasteiger partial charge in [-0.3, -0.25) is 0 Å². The summed E-state index contributed by atoms with van der Waals surface area (Å²) in [5.41, 5.74) is 3.70. The highest BCUT2D eigenvalue weighted by molar-refractivity contribution is 5.71. The van der Waals surface area contributed by atoms with Crippen LogP contribution in [-0.2, 0) is 17.9 Å². The first-order valence-electron chi connectivity index (χ1n) is 10.1. The number of halogens is 1. The molecule has 0 radical (unpaired) electrons. The van der Waals surface area contributed by atoms with Crippen LogP contribution in [0.15, 0.2) is 42.6 Å². The second-order valence-electron chi connectivity index (χ2n) is 7.73. The van der Waals surface area contributed by atoms with Gasteiger partial charge in [-0.1, -0.05) is 12.1 Å². The quantitative estimate of drug-likeness (QED) is 0.463. The molecule has 2 N–H and O–H groups in total. The molecule has 3 aromatic rings. The molecule has 0 saturated carbocycles. The third-order valence-electron chi connectivity index (χ3n) is 5.32. The zero-order valence-corrected chi connectivity index (χ0v) is 17.3. The predicted octanol–water partition coefficient (Wildman–Crippen LogP) is 3.10. The molecule has 0 bridgehead atoms. The van der Waals surface area contributed by atoms with E-state index in [1.165, 1.54) is 12.3 Å². The van der Waals surface area contributed by atoms with Crippen molar-refractivity contribution in [2.24, 2.45) is 0 Å². The number of epoxide rings is 1. The van der Waals surface area contributed by atoms with Gasteiger partial charge in [0.05, 0.1) is 5.69 Å². The molecule has 2 aliphatic rings. The van der Waals surface area contributed by atoms with Crippen molar-refractivity contribution in [1.82, 2.24) is 15.0 Å². The summed E-state index contributed by atoms with van der Waals surface area (Å²) >= 11 is 0. The first kappa shape index (κ1) is 19.5. The summed E-state index contributed by atoms with van der Waals surface area (Å²) in [4.78, 5) is 15.0. The third-order valence-corrected chi connectivity index (χ3v) is 5.32. The maximum Gasteiger partial charge on any atom is 0.225 e. The topological polar surface area (TPSA) is 87.7 Å². The Kier molecular flexibility index (Phi) is 5.03. The van der Waals surface area contributed by atoms with Gasteiger partial charge in [0, 0.05) is 31.9 Å². The summed E-state index contributed by atoms with van der Waals surface area (Å²) in [5.74, 6) is 1.71. The van der Waals surface area contributed by atoms with Crippen molar-refractivity contribution in [3.8, 4) is 5.75 Å². The molecule has 160 valence electrons. The fourth-order valence-electron chi connectivity index (χ4n) is 3.53. The lowest BCUT2D eigenvalue weighted by molar-refractivity contribution is 0.305. The molecule has 4 heterocycles. The molecule has 0 amide bonds. The van der Waals surface area contributed by atoms with E-state index in [9.17, 15) is 4.39 Å². The molecule has 1 aromatic carbocycles. The van der Waals surface area contributed by atoms with Crippen LogP contribution in [0.2, 0.25) is 0 Å². The lowest BCUT2D eigenvalue weighted by atomic mass is 10.2. The van der Waals surface area contributed by atoms with E-state index in [1.54, 1.807) is 6.07 Å². The zero-order valence-electron chi connectivity index (χ0n) is 17.3. The minimum Gasteiger partial charge on any atom is -0.489 e. The van der Waals surface area contributed by atoms with Crippen LogP contribution in [-0.4, -0.2) is 40.9 Å². The second-order valence-corrected chi connectivity index (χ2v) is 7.73. The van der Waals surface area contributed by atoms with Gasteiger partial charge in [0.15, 0.2) is 12.0 Å². The van der Waals surface area contributed by atoms with Crippen LogP contribution in [0.5, 0.6) is 5.75 Å². The Balaban J connectivity index is 1.20. The van der Waals surface area contributed by atoms with Crippen LogP contribution in [0.3, 0.4) is 0 Å². The van der Waals surface area contributed by atoms with Crippen molar-refractivity contribution >= 4 is 17.5 Å². The second kappa shape index (κ2) is 7.99. The van der Waals surface area contributed by atoms with Crippen LogP contribution in [0.25, 0.3) is 0 Å². The van der Waals surface area contributed by atoms with Crippen LogP contribution < -0.4 is 20.3 Å². The van der Waals surface area contributed by atoms with Crippen LogP contribution in [0.1, 0.15) is 16.8 Å². The number of fused-ring (bicyclic) bond motifs is 2. The van der Waals surface area contributed by atoms with Crippen LogP contribution in [0.4, 0.5) is 21.8 Å². The van der Waals surface area contributed by atoms with Gasteiger partial charge in [-0.2, -0.15) is 9.37 Å². The van der Waals surface area contributed by atoms with Crippen molar-refractivity contribution in [3.63, 3.8) is 0 Å². The molecule has 1 fully saturated rings. The Bertz CT molecular complexity index is 1080. The molecule has 8 nitrogen and oxygen atoms in total. The Morgan fingerprint density at radius 1 is 1.19 bits per heavy atom. The van der Waals surface area contributed by atoms with Crippen molar-refractivity contribution in [3.05, 3.63) is 65.4 Å². The van der Waals surface area contributed by atoms with Crippen molar-refractivity contribution < 1.29 is 13.9 Å². The maximum absolute atomic E-state index is 12.9. The van der Waals surface area contributed by atoms with Gasteiger partial charge in [0.2, 0.25) is 11.9 Å². The molecule has 2 atom stereocenters. The largest absolute Gasteiger partial charge is 0.489 e. The summed E-state index contributed by atoms with van der Waals surface area (Å²) in [7, 11) is 2.02. The average Bonchev–Trinajstić information content (AvgIpc) is 3.52. The lowest BCUT2D eigenvalue weighted by Crippen LogP contribution is -2.23. The third kappa shape index (κ3) is 4.36. The van der Waals surface area contributed by atoms with Gasteiger partial charge >= 0.3 is 0 Å². The van der Waals surface area contributed by atoms with E-state index < -0.39 is 5.95 Å². The van der Waals surface area contributed by atoms with E-state index in [0.717, 1.165) is 40.6 Å². The minimum atomic E-state index is -0.497. The number of nitrogens with zero attached hydrogens (tertiary/aromatic N) is 4. The van der Waals surface area contributed by atoms with E-state index in [-0.39, 0.29) is 12.3 Å². The monoisotopic (exact) mass is 422 g/mol. The highest BCUT2D eigenvalue weighted by Crippen LogP contribution is 2.36. The number of hydrogen-bond acceptors (Lipinski definition) is 8. The van der Waals surface area contributed by atoms with Gasteiger partial charge in [0.25, 0.3) is 0 Å². The van der Waals surface area contributed by atoms with Gasteiger partial charge < -0.3 is 25.0 Å². The van der Waals surface area contributed by atoms with Gasteiger partial charge in [-0.15, -0.1) is 0 Å². The van der Waals surface area contributed by atoms with Gasteiger partial charge in [0.1, 0.15) is 24.1 Å². The number of aryl methyl sites for hydroxylation is 1. The molecule has 2 unspecified atom stereocenters. The molecule has 1 saturated heterocycles. The van der Waals surface area contributed by atoms with E-state index in [4.69, 9.17) is 14.5 Å². The van der Waals surface area contributed by atoms with Crippen LogP contribution >= 0.6 is 0 Å². The van der Waals surface area contributed by atoms with E-state index in [0.29, 0.717) is 19.1 Å². The number of likely N-dealkylation sites (N-methyl/N-ethyl adjacent to an activating group) is 1. The Labute approximate surface area is 179 Å². The number of anilines is 3. The summed E-state index contributed by atoms with van der Waals surface area (Å²) in [6.07, 6.45) is 1.74. The van der Waals surface area contributed by atoms with Crippen molar-refractivity contribution in [2.75, 3.05) is 29.1 Å². The van der Waals surface area contributed by atoms with Gasteiger partial charge in [-0.05, 0) is 36.8 Å². The SMILES string of the molecule is Cc1nc(NCc2ccc(OCc3ccc(F)nc3)cc2)nc2c1NC1OC1CN2C. The minimum absolute atomic E-state index is 0.0601. The molecular formula is C22H23FN6O2. The standard InChI is InChI=1S/C22H23FN6O2/c1-13-19-20(29(2)11-17-21(27-19)31-17)28-22(26-13)25-9-14-3-6-16(7-4-14)30-12-15-5-8-18(23)24-10-15/h3-8,10,17,21,27H,9,11-12H2,1-2H3,(H,25,26,28). The summed E-state index contributed by atoms with van der Waals surface area (Å²) in [6, 6.07) is 10.8. The highest BCUT2D eigenvalue weighted by Gasteiger charge is 2.43. The van der Waals surface area contributed by atoms with E-state index in [1.807, 2.05) is 38.2 Å². The Morgan fingerprint density at radius 2 is 2.00 bits per heavy atom. The maximum atomic E-state index is 12.9. The van der Waals surface area contributed by atoms with E-state index in [2.05, 4.69) is 25.5 Å². The predicted molar refractivity (Wildman–Crippen MR) is 115 cm³/mol. The van der Waals surface area contributed by atoms with Crippen LogP contribution in [0, 0.1) is 12.9 Å². The molecular weight excluding hydrogens is 399 g/mol. The molecule has 0 aliphatic carbocycles. The fourth-order valence-corrected chi connectivity index (χ4v) is 3.53. The fraction of sp³-hybridized carbons (Fsp3) is 0.318. The molecule has 2 aromatic heterocycles. The first-order valence-corrected chi connectivity index (χ1v) is 10.1. The first-order chi connectivity index (χ1) is 15.0. The molecule has 2 aliphatic heterocycles. The number of ether oxygens (including phenoxy) is 2. The Morgan fingerprint density at radius 3 is 2.77 bits per heavy atom. The van der Waals surface area contributed by atoms with Crippen molar-refractivity contribution in [2.45, 2.75) is 32.4 Å². The zero-order chi connectivity index (χ0) is 21.4. The number of rotatable bonds is 6. The lowest BCUT2D eigenvalue weighted by Gasteiger charge is -2.20. The summed E-state index contributed by atoms with van der Waals surface area (Å²) in [5, 5.41) is 6.68. The molecule has 9 heteroatoms. The smallest absolute Gasteiger partial charge is 0.225 e. The number of benzene rings is 1. The van der Waals surface area contributed by atoms with Gasteiger partial charge in [-0.25, -0.2) is 9.97 Å². The summed E-state index contributed by atoms with van der Waals surface area (Å²) in [6.45, 7) is 3.70. The molecule has 5 rings (SSSR count). The molecule has 31 heavy (non-hydrogen) atoms. The number of pyridine rings is 1. The summed E-state index contributed by atoms with van der Waals surface area (Å²) < 4.78 is 24.2. The van der Waals surface area contributed by atoms with Crippen molar-refractivity contribution in [1.29, 1.82) is 0 Å². The Hall–Kier alpha value is -3.46. The number of hydrogen-bond donors (Lipinski definition) is 2. The average molecular weight is 422 g/mol. The number of aromatic nitrogens is 3.